The van der Waals surface area contributed by atoms with Crippen molar-refractivity contribution >= 4 is 22.6 Å². The Kier molecular flexibility index (Phi) is 3.24. The number of nitrogens with two attached hydrogens (primary N) is 1. The Hall–Kier alpha value is -2.20. The van der Waals surface area contributed by atoms with Crippen LogP contribution in [0.5, 0.6) is 0 Å². The molecular weight excluding hydrogens is 252 g/mol. The second-order valence-corrected chi connectivity index (χ2v) is 5.11. The van der Waals surface area contributed by atoms with Crippen molar-refractivity contribution in [2.24, 2.45) is 5.73 Å². The molecule has 4 heteroatoms. The molecule has 1 heterocycles. The van der Waals surface area contributed by atoms with Crippen LogP contribution in [0.2, 0.25) is 0 Å². The molecule has 1 unspecified atom stereocenters. The van der Waals surface area contributed by atoms with Gasteiger partial charge in [0.25, 0.3) is 0 Å². The van der Waals surface area contributed by atoms with Crippen LogP contribution in [0.4, 0.5) is 0 Å². The van der Waals surface area contributed by atoms with Crippen molar-refractivity contribution in [2.45, 2.75) is 18.9 Å². The fraction of sp³-hybridized carbons (Fsp3) is 0.250. The first kappa shape index (κ1) is 12.8. The summed E-state index contributed by atoms with van der Waals surface area (Å²) in [6.07, 6.45) is 0.618. The molecule has 0 bridgehead atoms. The fourth-order valence-electron chi connectivity index (χ4n) is 2.57. The number of hydrogen-bond donors (Lipinski definition) is 1. The minimum Gasteiger partial charge on any atom is -0.322 e. The summed E-state index contributed by atoms with van der Waals surface area (Å²) in [6.45, 7) is 0.260. The Morgan fingerprint density at radius 1 is 1.00 bits per heavy atom. The van der Waals surface area contributed by atoms with E-state index < -0.39 is 0 Å². The fourth-order valence-corrected chi connectivity index (χ4v) is 2.57. The van der Waals surface area contributed by atoms with Gasteiger partial charge < -0.3 is 5.73 Å². The lowest BCUT2D eigenvalue weighted by molar-refractivity contribution is -0.138. The van der Waals surface area contributed by atoms with Gasteiger partial charge >= 0.3 is 0 Å². The highest BCUT2D eigenvalue weighted by molar-refractivity contribution is 6.02. The molecule has 2 aromatic carbocycles. The third-order valence-electron chi connectivity index (χ3n) is 3.74. The lowest BCUT2D eigenvalue weighted by Gasteiger charge is -2.19. The standard InChI is InChI=1S/C16H16N2O2/c17-14(10-18-15(19)7-8-16(18)20)13-6-5-11-3-1-2-4-12(11)9-13/h1-6,9,14H,7-8,10,17H2. The van der Waals surface area contributed by atoms with Gasteiger partial charge in [-0.3, -0.25) is 14.5 Å². The second-order valence-electron chi connectivity index (χ2n) is 5.11. The summed E-state index contributed by atoms with van der Waals surface area (Å²) >= 11 is 0. The molecule has 3 rings (SSSR count). The van der Waals surface area contributed by atoms with Gasteiger partial charge in [0, 0.05) is 25.4 Å². The molecule has 0 spiro atoms. The molecule has 2 amide bonds. The minimum absolute atomic E-state index is 0.119. The summed E-state index contributed by atoms with van der Waals surface area (Å²) in [6, 6.07) is 13.7. The number of imide groups is 1. The summed E-state index contributed by atoms with van der Waals surface area (Å²) in [5.74, 6) is -0.238. The normalized spacial score (nSPS) is 16.9. The van der Waals surface area contributed by atoms with E-state index in [1.165, 1.54) is 4.90 Å². The summed E-state index contributed by atoms with van der Waals surface area (Å²) in [5.41, 5.74) is 7.09. The van der Waals surface area contributed by atoms with Gasteiger partial charge in [0.2, 0.25) is 11.8 Å². The summed E-state index contributed by atoms with van der Waals surface area (Å²) in [4.78, 5) is 24.5. The number of nitrogens with zero attached hydrogens (tertiary/aromatic N) is 1. The van der Waals surface area contributed by atoms with E-state index in [1.54, 1.807) is 0 Å². The first-order chi connectivity index (χ1) is 9.65. The minimum atomic E-state index is -0.342. The number of fused-ring (bicyclic) bond motifs is 1. The van der Waals surface area contributed by atoms with Crippen LogP contribution >= 0.6 is 0 Å². The topological polar surface area (TPSA) is 63.4 Å². The van der Waals surface area contributed by atoms with Gasteiger partial charge in [0.15, 0.2) is 0 Å². The van der Waals surface area contributed by atoms with Crippen molar-refractivity contribution in [1.82, 2.24) is 4.90 Å². The Morgan fingerprint density at radius 2 is 1.65 bits per heavy atom. The molecule has 0 aliphatic carbocycles. The number of rotatable bonds is 3. The van der Waals surface area contributed by atoms with Crippen LogP contribution in [0, 0.1) is 0 Å². The summed E-state index contributed by atoms with van der Waals surface area (Å²) < 4.78 is 0. The summed E-state index contributed by atoms with van der Waals surface area (Å²) in [7, 11) is 0. The average Bonchev–Trinajstić information content (AvgIpc) is 2.78. The number of benzene rings is 2. The van der Waals surface area contributed by atoms with Crippen LogP contribution in [0.3, 0.4) is 0 Å². The largest absolute Gasteiger partial charge is 0.322 e. The number of hydrogen-bond acceptors (Lipinski definition) is 3. The summed E-state index contributed by atoms with van der Waals surface area (Å²) in [5, 5.41) is 2.26. The predicted molar refractivity (Wildman–Crippen MR) is 76.8 cm³/mol. The molecule has 2 aromatic rings. The molecule has 4 nitrogen and oxygen atoms in total. The van der Waals surface area contributed by atoms with Gasteiger partial charge in [-0.15, -0.1) is 0 Å². The van der Waals surface area contributed by atoms with Crippen LogP contribution < -0.4 is 5.73 Å². The van der Waals surface area contributed by atoms with Crippen molar-refractivity contribution in [1.29, 1.82) is 0 Å². The molecule has 0 radical (unpaired) electrons. The van der Waals surface area contributed by atoms with Crippen LogP contribution in [-0.2, 0) is 9.59 Å². The molecule has 2 N–H and O–H groups in total. The van der Waals surface area contributed by atoms with Crippen molar-refractivity contribution in [3.8, 4) is 0 Å². The zero-order chi connectivity index (χ0) is 14.1. The van der Waals surface area contributed by atoms with Gasteiger partial charge in [0.05, 0.1) is 0 Å². The molecule has 1 aliphatic rings. The third kappa shape index (κ3) is 2.30. The van der Waals surface area contributed by atoms with E-state index in [1.807, 2.05) is 42.5 Å². The Morgan fingerprint density at radius 3 is 2.35 bits per heavy atom. The first-order valence-corrected chi connectivity index (χ1v) is 6.72. The van der Waals surface area contributed by atoms with Gasteiger partial charge in [-0.2, -0.15) is 0 Å². The lowest BCUT2D eigenvalue weighted by Crippen LogP contribution is -2.36. The highest BCUT2D eigenvalue weighted by Gasteiger charge is 2.30. The van der Waals surface area contributed by atoms with E-state index in [9.17, 15) is 9.59 Å². The first-order valence-electron chi connectivity index (χ1n) is 6.72. The van der Waals surface area contributed by atoms with E-state index in [2.05, 4.69) is 0 Å². The smallest absolute Gasteiger partial charge is 0.229 e. The van der Waals surface area contributed by atoms with Crippen LogP contribution in [0.1, 0.15) is 24.4 Å². The molecule has 20 heavy (non-hydrogen) atoms. The molecule has 1 atom stereocenters. The predicted octanol–water partition coefficient (Wildman–Crippen LogP) is 1.99. The van der Waals surface area contributed by atoms with E-state index in [4.69, 9.17) is 5.73 Å². The van der Waals surface area contributed by atoms with Gasteiger partial charge in [-0.05, 0) is 22.4 Å². The number of carbonyl (C=O) groups is 2. The van der Waals surface area contributed by atoms with Gasteiger partial charge in [-0.1, -0.05) is 36.4 Å². The third-order valence-corrected chi connectivity index (χ3v) is 3.74. The molecule has 1 aliphatic heterocycles. The molecule has 0 saturated carbocycles. The molecule has 0 aromatic heterocycles. The van der Waals surface area contributed by atoms with Crippen LogP contribution in [-0.4, -0.2) is 23.3 Å². The van der Waals surface area contributed by atoms with Crippen molar-refractivity contribution < 1.29 is 9.59 Å². The SMILES string of the molecule is NC(CN1C(=O)CCC1=O)c1ccc2ccccc2c1. The number of likely N-dealkylation sites (tertiary alicyclic amines) is 1. The maximum atomic E-state index is 11.6. The zero-order valence-corrected chi connectivity index (χ0v) is 11.1. The molecule has 1 saturated heterocycles. The monoisotopic (exact) mass is 268 g/mol. The Bertz CT molecular complexity index is 665. The van der Waals surface area contributed by atoms with Gasteiger partial charge in [0.1, 0.15) is 0 Å². The molecule has 102 valence electrons. The second kappa shape index (κ2) is 5.06. The Balaban J connectivity index is 1.83. The van der Waals surface area contributed by atoms with E-state index in [0.29, 0.717) is 12.8 Å². The van der Waals surface area contributed by atoms with Crippen LogP contribution in [0.25, 0.3) is 10.8 Å². The highest BCUT2D eigenvalue weighted by atomic mass is 16.2. The van der Waals surface area contributed by atoms with E-state index in [0.717, 1.165) is 16.3 Å². The zero-order valence-electron chi connectivity index (χ0n) is 11.1. The van der Waals surface area contributed by atoms with E-state index in [-0.39, 0.29) is 24.4 Å². The van der Waals surface area contributed by atoms with Crippen molar-refractivity contribution in [3.05, 3.63) is 48.0 Å². The number of amides is 2. The average molecular weight is 268 g/mol. The van der Waals surface area contributed by atoms with E-state index >= 15 is 0 Å². The molecular formula is C16H16N2O2. The quantitative estimate of drug-likeness (QED) is 0.866. The maximum absolute atomic E-state index is 11.6. The Labute approximate surface area is 117 Å². The van der Waals surface area contributed by atoms with Crippen molar-refractivity contribution in [3.63, 3.8) is 0 Å². The van der Waals surface area contributed by atoms with Crippen LogP contribution in [0.15, 0.2) is 42.5 Å². The lowest BCUT2D eigenvalue weighted by atomic mass is 10.0. The highest BCUT2D eigenvalue weighted by Crippen LogP contribution is 2.21. The maximum Gasteiger partial charge on any atom is 0.229 e. The number of carbonyl (C=O) groups excluding carboxylic acids is 2. The van der Waals surface area contributed by atoms with Crippen molar-refractivity contribution in [2.75, 3.05) is 6.54 Å². The van der Waals surface area contributed by atoms with Gasteiger partial charge in [-0.25, -0.2) is 0 Å². The molecule has 1 fully saturated rings.